The van der Waals surface area contributed by atoms with Gasteiger partial charge in [-0.25, -0.2) is 13.1 Å². The first kappa shape index (κ1) is 18.9. The van der Waals surface area contributed by atoms with Gasteiger partial charge in [0, 0.05) is 11.4 Å². The minimum atomic E-state index is -3.66. The van der Waals surface area contributed by atoms with Gasteiger partial charge >= 0.3 is 0 Å². The summed E-state index contributed by atoms with van der Waals surface area (Å²) in [5.74, 6) is 0.364. The maximum atomic E-state index is 12.8. The van der Waals surface area contributed by atoms with Crippen LogP contribution in [0.25, 0.3) is 0 Å². The normalized spacial score (nSPS) is 13.2. The second-order valence-corrected chi connectivity index (χ2v) is 8.65. The average molecular weight is 369 g/mol. The van der Waals surface area contributed by atoms with Crippen LogP contribution in [0.4, 0.5) is 0 Å². The van der Waals surface area contributed by atoms with E-state index in [1.165, 1.54) is 7.11 Å². The lowest BCUT2D eigenvalue weighted by Gasteiger charge is -2.24. The molecule has 24 heavy (non-hydrogen) atoms. The monoisotopic (exact) mass is 368 g/mol. The minimum absolute atomic E-state index is 0.0164. The van der Waals surface area contributed by atoms with Crippen LogP contribution in [0.2, 0.25) is 0 Å². The fraction of sp³-hybridized carbons (Fsp3) is 0.412. The molecule has 132 valence electrons. The van der Waals surface area contributed by atoms with Crippen LogP contribution in [0, 0.1) is 13.8 Å². The highest BCUT2D eigenvalue weighted by Gasteiger charge is 2.23. The third kappa shape index (κ3) is 4.16. The fourth-order valence-electron chi connectivity index (χ4n) is 2.42. The van der Waals surface area contributed by atoms with Crippen molar-refractivity contribution in [2.75, 3.05) is 27.7 Å². The van der Waals surface area contributed by atoms with Gasteiger partial charge in [0.2, 0.25) is 10.0 Å². The van der Waals surface area contributed by atoms with Gasteiger partial charge < -0.3 is 9.64 Å². The molecule has 1 atom stereocenters. The Hall–Kier alpha value is -1.41. The zero-order valence-corrected chi connectivity index (χ0v) is 16.3. The van der Waals surface area contributed by atoms with Crippen molar-refractivity contribution in [1.82, 2.24) is 9.62 Å². The second kappa shape index (κ2) is 7.65. The van der Waals surface area contributed by atoms with Gasteiger partial charge in [0.25, 0.3) is 0 Å². The highest BCUT2D eigenvalue weighted by atomic mass is 32.2. The first-order valence-electron chi connectivity index (χ1n) is 7.61. The third-order valence-corrected chi connectivity index (χ3v) is 6.45. The Labute approximate surface area is 148 Å². The molecule has 0 saturated heterocycles. The lowest BCUT2D eigenvalue weighted by molar-refractivity contribution is 0.303. The van der Waals surface area contributed by atoms with E-state index in [4.69, 9.17) is 4.74 Å². The number of sulfonamides is 1. The van der Waals surface area contributed by atoms with Crippen molar-refractivity contribution in [3.63, 3.8) is 0 Å². The van der Waals surface area contributed by atoms with E-state index in [1.54, 1.807) is 23.5 Å². The molecule has 2 aromatic rings. The first-order valence-corrected chi connectivity index (χ1v) is 9.97. The highest BCUT2D eigenvalue weighted by Crippen LogP contribution is 2.28. The molecule has 1 N–H and O–H groups in total. The van der Waals surface area contributed by atoms with E-state index < -0.39 is 10.0 Å². The molecule has 1 unspecified atom stereocenters. The summed E-state index contributed by atoms with van der Waals surface area (Å²) in [5.41, 5.74) is 1.91. The number of methoxy groups -OCH3 is 1. The minimum Gasteiger partial charge on any atom is -0.495 e. The molecule has 1 heterocycles. The molecule has 1 aromatic carbocycles. The van der Waals surface area contributed by atoms with Gasteiger partial charge in [-0.05, 0) is 62.6 Å². The zero-order chi connectivity index (χ0) is 17.9. The molecule has 0 bridgehead atoms. The number of likely N-dealkylation sites (N-methyl/N-ethyl adjacent to an activating group) is 1. The summed E-state index contributed by atoms with van der Waals surface area (Å²) in [6.07, 6.45) is 0. The molecule has 0 aliphatic carbocycles. The summed E-state index contributed by atoms with van der Waals surface area (Å²) in [5, 5.41) is 1.99. The van der Waals surface area contributed by atoms with E-state index in [9.17, 15) is 8.42 Å². The van der Waals surface area contributed by atoms with Crippen molar-refractivity contribution in [3.8, 4) is 5.75 Å². The molecule has 0 radical (unpaired) electrons. The van der Waals surface area contributed by atoms with Gasteiger partial charge in [-0.1, -0.05) is 6.07 Å². The van der Waals surface area contributed by atoms with Gasteiger partial charge in [0.15, 0.2) is 0 Å². The molecule has 0 fully saturated rings. The van der Waals surface area contributed by atoms with Gasteiger partial charge in [0.1, 0.15) is 10.6 Å². The van der Waals surface area contributed by atoms with Crippen LogP contribution in [0.5, 0.6) is 5.75 Å². The Morgan fingerprint density at radius 3 is 2.46 bits per heavy atom. The predicted octanol–water partition coefficient (Wildman–Crippen LogP) is 2.95. The Bertz CT molecular complexity index is 784. The van der Waals surface area contributed by atoms with Crippen LogP contribution in [0.15, 0.2) is 34.5 Å². The number of thiophene rings is 1. The van der Waals surface area contributed by atoms with Crippen LogP contribution in [0.3, 0.4) is 0 Å². The van der Waals surface area contributed by atoms with Crippen LogP contribution in [-0.2, 0) is 10.0 Å². The number of benzene rings is 1. The number of hydrogen-bond donors (Lipinski definition) is 1. The fourth-order valence-corrected chi connectivity index (χ4v) is 4.61. The van der Waals surface area contributed by atoms with E-state index in [1.807, 2.05) is 50.4 Å². The zero-order valence-electron chi connectivity index (χ0n) is 14.7. The van der Waals surface area contributed by atoms with Crippen molar-refractivity contribution < 1.29 is 13.2 Å². The number of nitrogens with zero attached hydrogens (tertiary/aromatic N) is 1. The quantitative estimate of drug-likeness (QED) is 0.816. The van der Waals surface area contributed by atoms with Crippen molar-refractivity contribution in [1.29, 1.82) is 0 Å². The molecule has 0 spiro atoms. The summed E-state index contributed by atoms with van der Waals surface area (Å²) in [6.45, 7) is 4.12. The number of nitrogens with one attached hydrogen (secondary N) is 1. The molecule has 0 amide bonds. The van der Waals surface area contributed by atoms with Gasteiger partial charge in [-0.2, -0.15) is 0 Å². The standard InChI is InChI=1S/C17H24N2O3S2/c1-12-9-15(22-5)17(10-13(12)2)24(20,21)18-11-14(19(3)4)16-7-6-8-23-16/h6-10,14,18H,11H2,1-5H3. The van der Waals surface area contributed by atoms with Gasteiger partial charge in [-0.3, -0.25) is 0 Å². The molecule has 5 nitrogen and oxygen atoms in total. The van der Waals surface area contributed by atoms with Crippen LogP contribution < -0.4 is 9.46 Å². The molecule has 1 aromatic heterocycles. The maximum absolute atomic E-state index is 12.8. The Kier molecular flexibility index (Phi) is 6.03. The smallest absolute Gasteiger partial charge is 0.244 e. The van der Waals surface area contributed by atoms with E-state index in [0.717, 1.165) is 16.0 Å². The summed E-state index contributed by atoms with van der Waals surface area (Å²) in [6, 6.07) is 7.38. The molecular formula is C17H24N2O3S2. The summed E-state index contributed by atoms with van der Waals surface area (Å²) >= 11 is 1.62. The SMILES string of the molecule is COc1cc(C)c(C)cc1S(=O)(=O)NCC(c1cccs1)N(C)C. The summed E-state index contributed by atoms with van der Waals surface area (Å²) < 4.78 is 33.5. The maximum Gasteiger partial charge on any atom is 0.244 e. The van der Waals surface area contributed by atoms with Crippen molar-refractivity contribution >= 4 is 21.4 Å². The number of ether oxygens (including phenoxy) is 1. The third-order valence-electron chi connectivity index (χ3n) is 4.03. The second-order valence-electron chi connectivity index (χ2n) is 5.93. The van der Waals surface area contributed by atoms with E-state index >= 15 is 0 Å². The van der Waals surface area contributed by atoms with Crippen LogP contribution >= 0.6 is 11.3 Å². The Balaban J connectivity index is 2.27. The lowest BCUT2D eigenvalue weighted by Crippen LogP contribution is -2.34. The number of hydrogen-bond acceptors (Lipinski definition) is 5. The van der Waals surface area contributed by atoms with E-state index in [2.05, 4.69) is 4.72 Å². The van der Waals surface area contributed by atoms with E-state index in [0.29, 0.717) is 12.3 Å². The van der Waals surface area contributed by atoms with Gasteiger partial charge in [0.05, 0.1) is 13.2 Å². The Morgan fingerprint density at radius 1 is 1.25 bits per heavy atom. The van der Waals surface area contributed by atoms with Crippen LogP contribution in [0.1, 0.15) is 22.0 Å². The topological polar surface area (TPSA) is 58.6 Å². The largest absolute Gasteiger partial charge is 0.495 e. The molecule has 0 aliphatic heterocycles. The van der Waals surface area contributed by atoms with Crippen LogP contribution in [-0.4, -0.2) is 41.1 Å². The Morgan fingerprint density at radius 2 is 1.92 bits per heavy atom. The summed E-state index contributed by atoms with van der Waals surface area (Å²) in [7, 11) is 1.70. The molecule has 0 saturated carbocycles. The average Bonchev–Trinajstić information content (AvgIpc) is 3.03. The number of aryl methyl sites for hydroxylation is 2. The van der Waals surface area contributed by atoms with Crippen molar-refractivity contribution in [2.24, 2.45) is 0 Å². The van der Waals surface area contributed by atoms with Crippen molar-refractivity contribution in [3.05, 3.63) is 45.6 Å². The molecule has 7 heteroatoms. The predicted molar refractivity (Wildman–Crippen MR) is 98.4 cm³/mol. The highest BCUT2D eigenvalue weighted by molar-refractivity contribution is 7.89. The van der Waals surface area contributed by atoms with Gasteiger partial charge in [-0.15, -0.1) is 11.3 Å². The van der Waals surface area contributed by atoms with E-state index in [-0.39, 0.29) is 10.9 Å². The molecular weight excluding hydrogens is 344 g/mol. The van der Waals surface area contributed by atoms with Crippen molar-refractivity contribution in [2.45, 2.75) is 24.8 Å². The lowest BCUT2D eigenvalue weighted by atomic mass is 10.1. The first-order chi connectivity index (χ1) is 11.3. The molecule has 0 aliphatic rings. The molecule has 2 rings (SSSR count). The number of rotatable bonds is 7. The summed E-state index contributed by atoms with van der Waals surface area (Å²) in [4.78, 5) is 3.30.